The van der Waals surface area contributed by atoms with Crippen LogP contribution in [0.4, 0.5) is 0 Å². The van der Waals surface area contributed by atoms with Crippen LogP contribution in [0, 0.1) is 0 Å². The molecule has 22 heavy (non-hydrogen) atoms. The normalized spacial score (nSPS) is 12.0. The van der Waals surface area contributed by atoms with Crippen molar-refractivity contribution >= 4 is 29.1 Å². The van der Waals surface area contributed by atoms with E-state index in [-0.39, 0.29) is 18.4 Å². The molecule has 5 nitrogen and oxygen atoms in total. The smallest absolute Gasteiger partial charge is 0.347 e. The zero-order chi connectivity index (χ0) is 16.1. The van der Waals surface area contributed by atoms with Gasteiger partial charge in [0.2, 0.25) is 5.91 Å². The van der Waals surface area contributed by atoms with Crippen LogP contribution >= 0.6 is 23.2 Å². The van der Waals surface area contributed by atoms with Gasteiger partial charge >= 0.3 is 5.69 Å². The summed E-state index contributed by atoms with van der Waals surface area (Å²) in [5, 5.41) is 3.90. The molecule has 0 saturated heterocycles. The average molecular weight is 340 g/mol. The number of amides is 1. The van der Waals surface area contributed by atoms with Crippen LogP contribution in [-0.4, -0.2) is 22.0 Å². The van der Waals surface area contributed by atoms with Crippen LogP contribution in [0.25, 0.3) is 0 Å². The SMILES string of the molecule is C[C@@H](CNC(=O)Cn1cccnc1=O)c1c(Cl)cccc1Cl. The van der Waals surface area contributed by atoms with Gasteiger partial charge in [-0.2, -0.15) is 0 Å². The first-order valence-electron chi connectivity index (χ1n) is 6.71. The lowest BCUT2D eigenvalue weighted by Crippen LogP contribution is -2.34. The number of carbonyl (C=O) groups excluding carboxylic acids is 1. The number of nitrogens with zero attached hydrogens (tertiary/aromatic N) is 2. The van der Waals surface area contributed by atoms with Crippen molar-refractivity contribution in [1.29, 1.82) is 0 Å². The number of halogens is 2. The Kier molecular flexibility index (Phi) is 5.57. The second-order valence-corrected chi connectivity index (χ2v) is 5.69. The lowest BCUT2D eigenvalue weighted by atomic mass is 10.0. The van der Waals surface area contributed by atoms with Gasteiger partial charge in [0, 0.05) is 34.9 Å². The van der Waals surface area contributed by atoms with Crippen molar-refractivity contribution in [2.75, 3.05) is 6.54 Å². The van der Waals surface area contributed by atoms with Crippen molar-refractivity contribution in [1.82, 2.24) is 14.9 Å². The summed E-state index contributed by atoms with van der Waals surface area (Å²) in [6, 6.07) is 6.89. The van der Waals surface area contributed by atoms with Crippen molar-refractivity contribution in [3.63, 3.8) is 0 Å². The zero-order valence-electron chi connectivity index (χ0n) is 11.9. The van der Waals surface area contributed by atoms with Gasteiger partial charge in [0.1, 0.15) is 6.54 Å². The Morgan fingerprint density at radius 2 is 2.00 bits per heavy atom. The largest absolute Gasteiger partial charge is 0.354 e. The van der Waals surface area contributed by atoms with Crippen LogP contribution in [0.1, 0.15) is 18.4 Å². The van der Waals surface area contributed by atoms with Crippen LogP contribution < -0.4 is 11.0 Å². The maximum absolute atomic E-state index is 11.9. The fraction of sp³-hybridized carbons (Fsp3) is 0.267. The second-order valence-electron chi connectivity index (χ2n) is 4.87. The van der Waals surface area contributed by atoms with Gasteiger partial charge in [-0.1, -0.05) is 36.2 Å². The molecule has 0 bridgehead atoms. The number of carbonyl (C=O) groups is 1. The molecule has 0 aliphatic rings. The molecule has 2 rings (SSSR count). The lowest BCUT2D eigenvalue weighted by Gasteiger charge is -2.16. The molecule has 0 spiro atoms. The van der Waals surface area contributed by atoms with Gasteiger partial charge in [0.05, 0.1) is 0 Å². The molecular weight excluding hydrogens is 325 g/mol. The van der Waals surface area contributed by atoms with Crippen molar-refractivity contribution in [2.45, 2.75) is 19.4 Å². The van der Waals surface area contributed by atoms with Crippen molar-refractivity contribution in [3.8, 4) is 0 Å². The molecule has 0 unspecified atom stereocenters. The quantitative estimate of drug-likeness (QED) is 0.909. The molecular formula is C15H15Cl2N3O2. The third-order valence-corrected chi connectivity index (χ3v) is 3.85. The van der Waals surface area contributed by atoms with Crippen LogP contribution in [0.2, 0.25) is 10.0 Å². The van der Waals surface area contributed by atoms with E-state index in [0.717, 1.165) is 5.56 Å². The first kappa shape index (κ1) is 16.5. The van der Waals surface area contributed by atoms with Gasteiger partial charge in [-0.05, 0) is 23.8 Å². The highest BCUT2D eigenvalue weighted by atomic mass is 35.5. The van der Waals surface area contributed by atoms with E-state index in [4.69, 9.17) is 23.2 Å². The minimum absolute atomic E-state index is 0.0456. The zero-order valence-corrected chi connectivity index (χ0v) is 13.4. The monoisotopic (exact) mass is 339 g/mol. The topological polar surface area (TPSA) is 64.0 Å². The predicted octanol–water partition coefficient (Wildman–Crippen LogP) is 2.47. The maximum Gasteiger partial charge on any atom is 0.347 e. The first-order chi connectivity index (χ1) is 10.5. The third-order valence-electron chi connectivity index (χ3n) is 3.19. The fourth-order valence-corrected chi connectivity index (χ4v) is 2.84. The Hall–Kier alpha value is -1.85. The van der Waals surface area contributed by atoms with E-state index in [1.165, 1.54) is 17.0 Å². The second kappa shape index (κ2) is 7.42. The molecule has 7 heteroatoms. The van der Waals surface area contributed by atoms with E-state index in [1.54, 1.807) is 24.3 Å². The van der Waals surface area contributed by atoms with Crippen molar-refractivity contribution in [2.24, 2.45) is 0 Å². The van der Waals surface area contributed by atoms with E-state index >= 15 is 0 Å². The number of aromatic nitrogens is 2. The molecule has 2 aromatic rings. The summed E-state index contributed by atoms with van der Waals surface area (Å²) in [5.74, 6) is -0.319. The molecule has 0 fully saturated rings. The van der Waals surface area contributed by atoms with E-state index in [0.29, 0.717) is 16.6 Å². The first-order valence-corrected chi connectivity index (χ1v) is 7.46. The summed E-state index contributed by atoms with van der Waals surface area (Å²) in [4.78, 5) is 26.9. The average Bonchev–Trinajstić information content (AvgIpc) is 2.47. The number of rotatable bonds is 5. The Bertz CT molecular complexity index is 710. The molecule has 0 radical (unpaired) electrons. The summed E-state index contributed by atoms with van der Waals surface area (Å²) < 4.78 is 1.24. The van der Waals surface area contributed by atoms with Gasteiger partial charge in [-0.15, -0.1) is 0 Å². The molecule has 1 amide bonds. The van der Waals surface area contributed by atoms with Gasteiger partial charge in [0.15, 0.2) is 0 Å². The molecule has 116 valence electrons. The van der Waals surface area contributed by atoms with Gasteiger partial charge in [0.25, 0.3) is 0 Å². The summed E-state index contributed by atoms with van der Waals surface area (Å²) in [6.45, 7) is 2.22. The molecule has 0 aliphatic carbocycles. The highest BCUT2D eigenvalue weighted by Crippen LogP contribution is 2.30. The van der Waals surface area contributed by atoms with Crippen LogP contribution in [0.5, 0.6) is 0 Å². The summed E-state index contributed by atoms with van der Waals surface area (Å²) >= 11 is 12.3. The third kappa shape index (κ3) is 4.08. The molecule has 1 aromatic heterocycles. The van der Waals surface area contributed by atoms with Crippen molar-refractivity contribution < 1.29 is 4.79 Å². The molecule has 1 aromatic carbocycles. The molecule has 0 saturated carbocycles. The number of hydrogen-bond donors (Lipinski definition) is 1. The standard InChI is InChI=1S/C15H15Cl2N3O2/c1-10(14-11(16)4-2-5-12(14)17)8-19-13(21)9-20-7-3-6-18-15(20)22/h2-7,10H,8-9H2,1H3,(H,19,21)/t10-/m0/s1. The molecule has 1 N–H and O–H groups in total. The Morgan fingerprint density at radius 1 is 1.32 bits per heavy atom. The number of benzene rings is 1. The van der Waals surface area contributed by atoms with E-state index in [9.17, 15) is 9.59 Å². The van der Waals surface area contributed by atoms with Gasteiger partial charge < -0.3 is 5.32 Å². The number of hydrogen-bond acceptors (Lipinski definition) is 3. The Balaban J connectivity index is 1.97. The number of nitrogens with one attached hydrogen (secondary N) is 1. The van der Waals surface area contributed by atoms with Crippen LogP contribution in [0.15, 0.2) is 41.5 Å². The van der Waals surface area contributed by atoms with Crippen LogP contribution in [-0.2, 0) is 11.3 Å². The minimum Gasteiger partial charge on any atom is -0.354 e. The summed E-state index contributed by atoms with van der Waals surface area (Å²) in [5.41, 5.74) is 0.338. The van der Waals surface area contributed by atoms with E-state index < -0.39 is 5.69 Å². The summed E-state index contributed by atoms with van der Waals surface area (Å²) in [7, 11) is 0. The van der Waals surface area contributed by atoms with Crippen molar-refractivity contribution in [3.05, 3.63) is 62.8 Å². The Morgan fingerprint density at radius 3 is 2.64 bits per heavy atom. The maximum atomic E-state index is 11.9. The Labute approximate surface area is 137 Å². The lowest BCUT2D eigenvalue weighted by molar-refractivity contribution is -0.121. The highest BCUT2D eigenvalue weighted by Gasteiger charge is 2.14. The van der Waals surface area contributed by atoms with Gasteiger partial charge in [-0.25, -0.2) is 9.78 Å². The highest BCUT2D eigenvalue weighted by molar-refractivity contribution is 6.36. The van der Waals surface area contributed by atoms with Gasteiger partial charge in [-0.3, -0.25) is 9.36 Å². The fourth-order valence-electron chi connectivity index (χ4n) is 2.07. The van der Waals surface area contributed by atoms with Crippen LogP contribution in [0.3, 0.4) is 0 Å². The molecule has 0 aliphatic heterocycles. The molecule has 1 heterocycles. The minimum atomic E-state index is -0.458. The van der Waals surface area contributed by atoms with E-state index in [2.05, 4.69) is 10.3 Å². The molecule has 1 atom stereocenters. The van der Waals surface area contributed by atoms with E-state index in [1.807, 2.05) is 6.92 Å². The predicted molar refractivity (Wildman–Crippen MR) is 86.4 cm³/mol. The summed E-state index contributed by atoms with van der Waals surface area (Å²) in [6.07, 6.45) is 2.90.